The average Bonchev–Trinajstić information content (AvgIpc) is 3.15. The lowest BCUT2D eigenvalue weighted by atomic mass is 10.1. The summed E-state index contributed by atoms with van der Waals surface area (Å²) in [5.74, 6) is 0.635. The van der Waals surface area contributed by atoms with E-state index in [1.54, 1.807) is 15.4 Å². The van der Waals surface area contributed by atoms with Crippen LogP contribution in [0.2, 0.25) is 0 Å². The van der Waals surface area contributed by atoms with Gasteiger partial charge in [-0.2, -0.15) is 0 Å². The van der Waals surface area contributed by atoms with Crippen LogP contribution in [-0.4, -0.2) is 59.1 Å². The van der Waals surface area contributed by atoms with Gasteiger partial charge in [-0.3, -0.25) is 14.0 Å². The number of hydrogen-bond donors (Lipinski definition) is 0. The van der Waals surface area contributed by atoms with Crippen LogP contribution in [0, 0.1) is 6.92 Å². The number of aromatic nitrogens is 2. The molecule has 30 heavy (non-hydrogen) atoms. The maximum Gasteiger partial charge on any atom is 0.265 e. The van der Waals surface area contributed by atoms with Crippen molar-refractivity contribution in [3.8, 4) is 5.75 Å². The van der Waals surface area contributed by atoms with Crippen molar-refractivity contribution in [2.75, 3.05) is 37.7 Å². The van der Waals surface area contributed by atoms with Gasteiger partial charge in [0.2, 0.25) is 0 Å². The van der Waals surface area contributed by atoms with Gasteiger partial charge in [0.15, 0.2) is 11.1 Å². The molecule has 8 nitrogen and oxygen atoms in total. The van der Waals surface area contributed by atoms with Crippen LogP contribution < -0.4 is 15.2 Å². The number of carbonyl (C=O) groups is 1. The molecule has 5 rings (SSSR count). The summed E-state index contributed by atoms with van der Waals surface area (Å²) in [6.07, 6.45) is -0.605. The van der Waals surface area contributed by atoms with Gasteiger partial charge in [0.25, 0.3) is 11.5 Å². The SMILES string of the molecule is Cc1csc2nc(CN3CC(C(=O)N4CCOCC4)Oc4ccccc43)cc(=O)n12. The summed E-state index contributed by atoms with van der Waals surface area (Å²) in [6.45, 7) is 4.97. The van der Waals surface area contributed by atoms with E-state index in [-0.39, 0.29) is 11.5 Å². The number of ether oxygens (including phenoxy) is 2. The van der Waals surface area contributed by atoms with Gasteiger partial charge in [-0.05, 0) is 19.1 Å². The van der Waals surface area contributed by atoms with Crippen molar-refractivity contribution in [2.24, 2.45) is 0 Å². The normalized spacial score (nSPS) is 18.9. The number of hydrogen-bond acceptors (Lipinski definition) is 7. The minimum absolute atomic E-state index is 0.0323. The first-order valence-electron chi connectivity index (χ1n) is 9.94. The number of nitrogens with zero attached hydrogens (tertiary/aromatic N) is 4. The maximum atomic E-state index is 13.0. The zero-order chi connectivity index (χ0) is 20.7. The first-order valence-corrected chi connectivity index (χ1v) is 10.8. The van der Waals surface area contributed by atoms with E-state index in [1.165, 1.54) is 11.3 Å². The van der Waals surface area contributed by atoms with Crippen molar-refractivity contribution in [1.82, 2.24) is 14.3 Å². The molecule has 9 heteroatoms. The molecule has 1 atom stereocenters. The lowest BCUT2D eigenvalue weighted by molar-refractivity contribution is -0.142. The third-order valence-electron chi connectivity index (χ3n) is 5.44. The zero-order valence-electron chi connectivity index (χ0n) is 16.6. The van der Waals surface area contributed by atoms with Crippen molar-refractivity contribution in [3.05, 3.63) is 57.5 Å². The predicted octanol–water partition coefficient (Wildman–Crippen LogP) is 1.69. The van der Waals surface area contributed by atoms with E-state index in [1.807, 2.05) is 36.6 Å². The van der Waals surface area contributed by atoms with E-state index in [0.29, 0.717) is 55.8 Å². The van der Waals surface area contributed by atoms with Crippen LogP contribution in [0.4, 0.5) is 5.69 Å². The van der Waals surface area contributed by atoms with Crippen molar-refractivity contribution < 1.29 is 14.3 Å². The lowest BCUT2D eigenvalue weighted by Gasteiger charge is -2.38. The number of carbonyl (C=O) groups excluding carboxylic acids is 1. The van der Waals surface area contributed by atoms with Gasteiger partial charge in [-0.1, -0.05) is 12.1 Å². The quantitative estimate of drug-likeness (QED) is 0.635. The van der Waals surface area contributed by atoms with Gasteiger partial charge in [-0.15, -0.1) is 11.3 Å². The Kier molecular flexibility index (Phi) is 4.92. The van der Waals surface area contributed by atoms with Gasteiger partial charge >= 0.3 is 0 Å². The minimum Gasteiger partial charge on any atom is -0.477 e. The smallest absolute Gasteiger partial charge is 0.265 e. The third kappa shape index (κ3) is 3.44. The van der Waals surface area contributed by atoms with E-state index in [2.05, 4.69) is 9.88 Å². The van der Waals surface area contributed by atoms with Gasteiger partial charge < -0.3 is 19.3 Å². The van der Waals surface area contributed by atoms with Crippen LogP contribution in [0.1, 0.15) is 11.4 Å². The molecule has 3 aromatic rings. The van der Waals surface area contributed by atoms with Crippen molar-refractivity contribution >= 4 is 27.9 Å². The molecular formula is C21H22N4O4S. The molecule has 1 fully saturated rings. The Morgan fingerprint density at radius 1 is 1.27 bits per heavy atom. The first-order chi connectivity index (χ1) is 14.6. The van der Waals surface area contributed by atoms with Crippen LogP contribution in [-0.2, 0) is 16.1 Å². The van der Waals surface area contributed by atoms with Gasteiger partial charge in [0.05, 0.1) is 37.7 Å². The number of rotatable bonds is 3. The number of anilines is 1. The fraction of sp³-hybridized carbons (Fsp3) is 0.381. The molecule has 2 aromatic heterocycles. The second-order valence-electron chi connectivity index (χ2n) is 7.47. The Morgan fingerprint density at radius 3 is 2.90 bits per heavy atom. The summed E-state index contributed by atoms with van der Waals surface area (Å²) >= 11 is 1.45. The van der Waals surface area contributed by atoms with Crippen LogP contribution in [0.3, 0.4) is 0 Å². The highest BCUT2D eigenvalue weighted by Gasteiger charge is 2.34. The molecule has 0 spiro atoms. The number of aryl methyl sites for hydroxylation is 1. The Labute approximate surface area is 177 Å². The largest absolute Gasteiger partial charge is 0.477 e. The van der Waals surface area contributed by atoms with E-state index >= 15 is 0 Å². The van der Waals surface area contributed by atoms with E-state index in [4.69, 9.17) is 9.47 Å². The van der Waals surface area contributed by atoms with Crippen LogP contribution >= 0.6 is 11.3 Å². The maximum absolute atomic E-state index is 13.0. The number of thiazole rings is 1. The average molecular weight is 426 g/mol. The summed E-state index contributed by atoms with van der Waals surface area (Å²) in [4.78, 5) is 34.8. The van der Waals surface area contributed by atoms with Crippen LogP contribution in [0.25, 0.3) is 4.96 Å². The van der Waals surface area contributed by atoms with Crippen molar-refractivity contribution in [3.63, 3.8) is 0 Å². The molecule has 0 radical (unpaired) electrons. The molecular weight excluding hydrogens is 404 g/mol. The monoisotopic (exact) mass is 426 g/mol. The second-order valence-corrected chi connectivity index (χ2v) is 8.31. The van der Waals surface area contributed by atoms with Gasteiger partial charge in [0.1, 0.15) is 5.75 Å². The third-order valence-corrected chi connectivity index (χ3v) is 6.38. The van der Waals surface area contributed by atoms with Gasteiger partial charge in [-0.25, -0.2) is 4.98 Å². The predicted molar refractivity (Wildman–Crippen MR) is 113 cm³/mol. The van der Waals surface area contributed by atoms with E-state index in [9.17, 15) is 9.59 Å². The van der Waals surface area contributed by atoms with Gasteiger partial charge in [0, 0.05) is 30.2 Å². The molecule has 0 N–H and O–H groups in total. The van der Waals surface area contributed by atoms with Crippen LogP contribution in [0.15, 0.2) is 40.5 Å². The molecule has 1 amide bonds. The van der Waals surface area contributed by atoms with Crippen molar-refractivity contribution in [2.45, 2.75) is 19.6 Å². The fourth-order valence-electron chi connectivity index (χ4n) is 3.95. The summed E-state index contributed by atoms with van der Waals surface area (Å²) in [5, 5.41) is 1.93. The Morgan fingerprint density at radius 2 is 2.07 bits per heavy atom. The molecule has 0 bridgehead atoms. The highest BCUT2D eigenvalue weighted by atomic mass is 32.1. The number of benzene rings is 1. The molecule has 1 unspecified atom stereocenters. The lowest BCUT2D eigenvalue weighted by Crippen LogP contribution is -2.52. The highest BCUT2D eigenvalue weighted by Crippen LogP contribution is 2.34. The molecule has 0 aliphatic carbocycles. The molecule has 2 aliphatic rings. The standard InChI is InChI=1S/C21H22N4O4S/c1-14-13-30-21-22-15(10-19(26)25(14)21)11-24-12-18(20(27)23-6-8-28-9-7-23)29-17-5-3-2-4-16(17)24/h2-5,10,13,18H,6-9,11-12H2,1H3. The summed E-state index contributed by atoms with van der Waals surface area (Å²) in [5.41, 5.74) is 2.37. The number of para-hydroxylation sites is 2. The zero-order valence-corrected chi connectivity index (χ0v) is 17.4. The highest BCUT2D eigenvalue weighted by molar-refractivity contribution is 7.15. The Bertz CT molecular complexity index is 1150. The Balaban J connectivity index is 1.44. The fourth-order valence-corrected chi connectivity index (χ4v) is 4.84. The minimum atomic E-state index is -0.605. The Hall–Kier alpha value is -2.91. The summed E-state index contributed by atoms with van der Waals surface area (Å²) in [6, 6.07) is 9.24. The summed E-state index contributed by atoms with van der Waals surface area (Å²) < 4.78 is 13.0. The molecule has 156 valence electrons. The van der Waals surface area contributed by atoms with Crippen molar-refractivity contribution in [1.29, 1.82) is 0 Å². The number of morpholine rings is 1. The first kappa shape index (κ1) is 19.1. The summed E-state index contributed by atoms with van der Waals surface area (Å²) in [7, 11) is 0. The van der Waals surface area contributed by atoms with E-state index in [0.717, 1.165) is 11.4 Å². The number of fused-ring (bicyclic) bond motifs is 2. The molecule has 4 heterocycles. The molecule has 1 aromatic carbocycles. The molecule has 2 aliphatic heterocycles. The van der Waals surface area contributed by atoms with E-state index < -0.39 is 6.10 Å². The number of amides is 1. The van der Waals surface area contributed by atoms with Crippen LogP contribution in [0.5, 0.6) is 5.75 Å². The molecule has 1 saturated heterocycles. The second kappa shape index (κ2) is 7.73. The molecule has 0 saturated carbocycles. The topological polar surface area (TPSA) is 76.4 Å².